The Hall–Kier alpha value is -0.900. The zero-order valence-corrected chi connectivity index (χ0v) is 11.5. The van der Waals surface area contributed by atoms with E-state index in [-0.39, 0.29) is 18.9 Å². The first-order valence-corrected chi connectivity index (χ1v) is 6.83. The third kappa shape index (κ3) is 3.78. The van der Waals surface area contributed by atoms with Crippen LogP contribution in [0.4, 0.5) is 18.9 Å². The van der Waals surface area contributed by atoms with E-state index >= 15 is 0 Å². The highest BCUT2D eigenvalue weighted by atomic mass is 35.5. The van der Waals surface area contributed by atoms with Gasteiger partial charge in [0.25, 0.3) is 0 Å². The molecule has 106 valence electrons. The van der Waals surface area contributed by atoms with Crippen molar-refractivity contribution in [3.8, 4) is 0 Å². The first kappa shape index (κ1) is 14.5. The molecule has 0 saturated heterocycles. The van der Waals surface area contributed by atoms with Crippen LogP contribution in [-0.4, -0.2) is 12.2 Å². The molecule has 0 heterocycles. The van der Waals surface area contributed by atoms with Crippen molar-refractivity contribution >= 4 is 17.3 Å². The molecule has 1 aromatic rings. The maximum atomic E-state index is 12.6. The molecule has 0 radical (unpaired) electrons. The highest BCUT2D eigenvalue weighted by Gasteiger charge is 2.41. The Morgan fingerprint density at radius 2 is 1.79 bits per heavy atom. The second-order valence-electron chi connectivity index (χ2n) is 5.19. The summed E-state index contributed by atoms with van der Waals surface area (Å²) in [4.78, 5) is 0. The summed E-state index contributed by atoms with van der Waals surface area (Å²) in [5.74, 6) is -1.13. The van der Waals surface area contributed by atoms with Crippen LogP contribution in [0.15, 0.2) is 18.2 Å². The lowest BCUT2D eigenvalue weighted by molar-refractivity contribution is -0.182. The minimum atomic E-state index is -4.04. The number of benzene rings is 1. The molecule has 1 nitrogen and oxygen atoms in total. The number of hydrogen-bond acceptors (Lipinski definition) is 1. The number of halogens is 4. The average Bonchev–Trinajstić information content (AvgIpc) is 2.33. The van der Waals surface area contributed by atoms with Crippen LogP contribution in [0.5, 0.6) is 0 Å². The third-order valence-electron chi connectivity index (χ3n) is 3.75. The van der Waals surface area contributed by atoms with Crippen molar-refractivity contribution in [1.82, 2.24) is 0 Å². The zero-order valence-electron chi connectivity index (χ0n) is 10.7. The van der Waals surface area contributed by atoms with E-state index in [1.165, 1.54) is 0 Å². The standard InChI is InChI=1S/C14H17ClF3N/c1-9-2-5-11(15)8-13(9)19-12-6-3-10(4-7-12)14(16,17)18/h2,5,8,10,12,19H,3-4,6-7H2,1H3. The van der Waals surface area contributed by atoms with Crippen molar-refractivity contribution in [2.75, 3.05) is 5.32 Å². The molecule has 1 fully saturated rings. The van der Waals surface area contributed by atoms with E-state index in [1.54, 1.807) is 0 Å². The van der Waals surface area contributed by atoms with Gasteiger partial charge >= 0.3 is 6.18 Å². The molecule has 1 saturated carbocycles. The monoisotopic (exact) mass is 291 g/mol. The number of aryl methyl sites for hydroxylation is 1. The van der Waals surface area contributed by atoms with Crippen LogP contribution in [0.1, 0.15) is 31.2 Å². The van der Waals surface area contributed by atoms with E-state index in [1.807, 2.05) is 25.1 Å². The van der Waals surface area contributed by atoms with E-state index in [0.29, 0.717) is 17.9 Å². The van der Waals surface area contributed by atoms with Crippen molar-refractivity contribution in [2.45, 2.75) is 44.8 Å². The second kappa shape index (κ2) is 5.61. The van der Waals surface area contributed by atoms with Crippen molar-refractivity contribution in [3.05, 3.63) is 28.8 Å². The number of hydrogen-bond donors (Lipinski definition) is 1. The average molecular weight is 292 g/mol. The Labute approximate surface area is 116 Å². The predicted octanol–water partition coefficient (Wildman–Crippen LogP) is 5.18. The summed E-state index contributed by atoms with van der Waals surface area (Å²) in [6.45, 7) is 1.96. The minimum absolute atomic E-state index is 0.107. The van der Waals surface area contributed by atoms with Gasteiger partial charge in [0.2, 0.25) is 0 Å². The predicted molar refractivity (Wildman–Crippen MR) is 71.6 cm³/mol. The SMILES string of the molecule is Cc1ccc(Cl)cc1NC1CCC(C(F)(F)F)CC1. The van der Waals surface area contributed by atoms with Gasteiger partial charge in [-0.05, 0) is 50.3 Å². The number of anilines is 1. The summed E-state index contributed by atoms with van der Waals surface area (Å²) in [7, 11) is 0. The number of alkyl halides is 3. The summed E-state index contributed by atoms with van der Waals surface area (Å²) in [5.41, 5.74) is 1.98. The summed E-state index contributed by atoms with van der Waals surface area (Å²) in [5, 5.41) is 3.95. The van der Waals surface area contributed by atoms with Crippen LogP contribution < -0.4 is 5.32 Å². The van der Waals surface area contributed by atoms with Gasteiger partial charge in [-0.3, -0.25) is 0 Å². The van der Waals surface area contributed by atoms with Gasteiger partial charge in [0, 0.05) is 16.8 Å². The molecule has 0 aromatic heterocycles. The van der Waals surface area contributed by atoms with Crippen molar-refractivity contribution in [1.29, 1.82) is 0 Å². The molecule has 0 amide bonds. The lowest BCUT2D eigenvalue weighted by atomic mass is 9.85. The molecule has 1 N–H and O–H groups in total. The molecule has 1 aliphatic carbocycles. The van der Waals surface area contributed by atoms with Crippen molar-refractivity contribution in [2.24, 2.45) is 5.92 Å². The smallest absolute Gasteiger partial charge is 0.382 e. The second-order valence-corrected chi connectivity index (χ2v) is 5.63. The molecular formula is C14H17ClF3N. The molecule has 0 unspecified atom stereocenters. The molecule has 0 bridgehead atoms. The Balaban J connectivity index is 1.94. The van der Waals surface area contributed by atoms with Gasteiger partial charge in [0.15, 0.2) is 0 Å². The quantitative estimate of drug-likeness (QED) is 0.791. The van der Waals surface area contributed by atoms with Crippen LogP contribution in [-0.2, 0) is 0 Å². The molecule has 0 aliphatic heterocycles. The van der Waals surface area contributed by atoms with Gasteiger partial charge in [-0.2, -0.15) is 13.2 Å². The molecule has 1 aliphatic rings. The zero-order chi connectivity index (χ0) is 14.0. The van der Waals surface area contributed by atoms with Gasteiger partial charge in [-0.25, -0.2) is 0 Å². The lowest BCUT2D eigenvalue weighted by Crippen LogP contribution is -2.32. The van der Waals surface area contributed by atoms with E-state index in [0.717, 1.165) is 11.3 Å². The molecule has 0 atom stereocenters. The highest BCUT2D eigenvalue weighted by molar-refractivity contribution is 6.30. The fraction of sp³-hybridized carbons (Fsp3) is 0.571. The van der Waals surface area contributed by atoms with Gasteiger partial charge in [0.05, 0.1) is 5.92 Å². The number of nitrogens with one attached hydrogen (secondary N) is 1. The van der Waals surface area contributed by atoms with Gasteiger partial charge < -0.3 is 5.32 Å². The first-order chi connectivity index (χ1) is 8.86. The maximum absolute atomic E-state index is 12.6. The largest absolute Gasteiger partial charge is 0.391 e. The van der Waals surface area contributed by atoms with Gasteiger partial charge in [-0.1, -0.05) is 17.7 Å². The maximum Gasteiger partial charge on any atom is 0.391 e. The van der Waals surface area contributed by atoms with Crippen LogP contribution in [0, 0.1) is 12.8 Å². The van der Waals surface area contributed by atoms with Crippen LogP contribution in [0.2, 0.25) is 5.02 Å². The summed E-state index contributed by atoms with van der Waals surface area (Å²) >= 11 is 5.93. The first-order valence-electron chi connectivity index (χ1n) is 6.45. The van der Waals surface area contributed by atoms with Crippen LogP contribution >= 0.6 is 11.6 Å². The van der Waals surface area contributed by atoms with Crippen molar-refractivity contribution < 1.29 is 13.2 Å². The van der Waals surface area contributed by atoms with Gasteiger partial charge in [-0.15, -0.1) is 0 Å². The highest BCUT2D eigenvalue weighted by Crippen LogP contribution is 2.38. The molecule has 0 spiro atoms. The van der Waals surface area contributed by atoms with Crippen LogP contribution in [0.3, 0.4) is 0 Å². The third-order valence-corrected chi connectivity index (χ3v) is 3.98. The van der Waals surface area contributed by atoms with E-state index in [2.05, 4.69) is 5.32 Å². The summed E-state index contributed by atoms with van der Waals surface area (Å²) in [6.07, 6.45) is -2.52. The summed E-state index contributed by atoms with van der Waals surface area (Å²) < 4.78 is 37.7. The minimum Gasteiger partial charge on any atom is -0.382 e. The topological polar surface area (TPSA) is 12.0 Å². The Morgan fingerprint density at radius 1 is 1.16 bits per heavy atom. The molecular weight excluding hydrogens is 275 g/mol. The van der Waals surface area contributed by atoms with Crippen molar-refractivity contribution in [3.63, 3.8) is 0 Å². The molecule has 1 aromatic carbocycles. The van der Waals surface area contributed by atoms with Crippen LogP contribution in [0.25, 0.3) is 0 Å². The number of rotatable bonds is 2. The van der Waals surface area contributed by atoms with Gasteiger partial charge in [0.1, 0.15) is 0 Å². The fourth-order valence-electron chi connectivity index (χ4n) is 2.53. The molecule has 5 heteroatoms. The van der Waals surface area contributed by atoms with E-state index in [9.17, 15) is 13.2 Å². The Kier molecular flexibility index (Phi) is 4.29. The normalized spacial score (nSPS) is 24.3. The lowest BCUT2D eigenvalue weighted by Gasteiger charge is -2.31. The summed E-state index contributed by atoms with van der Waals surface area (Å²) in [6, 6.07) is 5.65. The Bertz CT molecular complexity index is 437. The fourth-order valence-corrected chi connectivity index (χ4v) is 2.71. The molecule has 19 heavy (non-hydrogen) atoms. The van der Waals surface area contributed by atoms with E-state index < -0.39 is 12.1 Å². The molecule has 2 rings (SSSR count). The Morgan fingerprint density at radius 3 is 2.37 bits per heavy atom. The van der Waals surface area contributed by atoms with E-state index in [4.69, 9.17) is 11.6 Å².